The van der Waals surface area contributed by atoms with Crippen LogP contribution in [0.5, 0.6) is 0 Å². The van der Waals surface area contributed by atoms with Crippen LogP contribution in [0.4, 0.5) is 4.39 Å². The van der Waals surface area contributed by atoms with E-state index in [1.54, 1.807) is 24.4 Å². The molecule has 0 amide bonds. The van der Waals surface area contributed by atoms with E-state index in [-0.39, 0.29) is 10.6 Å². The van der Waals surface area contributed by atoms with Crippen LogP contribution in [0.15, 0.2) is 30.5 Å². The number of hydrogen-bond donors (Lipinski definition) is 0. The van der Waals surface area contributed by atoms with Gasteiger partial charge in [0.25, 0.3) is 0 Å². The summed E-state index contributed by atoms with van der Waals surface area (Å²) < 4.78 is 14.9. The van der Waals surface area contributed by atoms with Crippen LogP contribution in [-0.2, 0) is 0 Å². The van der Waals surface area contributed by atoms with Gasteiger partial charge in [0, 0.05) is 0 Å². The minimum Gasteiger partial charge on any atom is -0.217 e. The first-order valence-electron chi connectivity index (χ1n) is 5.03. The van der Waals surface area contributed by atoms with Crippen molar-refractivity contribution < 1.29 is 4.39 Å². The average Bonchev–Trinajstić information content (AvgIpc) is 2.78. The molecule has 0 radical (unpaired) electrons. The number of halogens is 2. The van der Waals surface area contributed by atoms with Gasteiger partial charge in [-0.25, -0.2) is 9.07 Å². The zero-order valence-corrected chi connectivity index (χ0v) is 10.4. The maximum atomic E-state index is 13.5. The summed E-state index contributed by atoms with van der Waals surface area (Å²) in [7, 11) is 0. The number of para-hydroxylation sites is 1. The lowest BCUT2D eigenvalue weighted by Gasteiger charge is -2.01. The molecule has 16 heavy (non-hydrogen) atoms. The molecule has 0 spiro atoms. The fourth-order valence-corrected chi connectivity index (χ4v) is 1.59. The molecule has 0 saturated carbocycles. The highest BCUT2D eigenvalue weighted by molar-refractivity contribution is 9.09. The van der Waals surface area contributed by atoms with Crippen molar-refractivity contribution in [2.75, 3.05) is 0 Å². The smallest absolute Gasteiger partial charge is 0.148 e. The number of nitrogens with zero attached hydrogens (tertiary/aromatic N) is 3. The normalized spacial score (nSPS) is 12.7. The van der Waals surface area contributed by atoms with Crippen LogP contribution in [0.25, 0.3) is 5.69 Å². The monoisotopic (exact) mass is 283 g/mol. The third-order valence-corrected chi connectivity index (χ3v) is 3.41. The fraction of sp³-hybridized carbons (Fsp3) is 0.273. The van der Waals surface area contributed by atoms with Crippen LogP contribution >= 0.6 is 15.9 Å². The standard InChI is InChI=1S/C11H11BrFN3/c1-2-8(12)10-7-16(15-14-10)11-6-4-3-5-9(11)13/h3-8H,2H2,1H3. The van der Waals surface area contributed by atoms with Gasteiger partial charge in [-0.05, 0) is 18.6 Å². The molecule has 2 rings (SSSR count). The first-order chi connectivity index (χ1) is 7.72. The average molecular weight is 284 g/mol. The fourth-order valence-electron chi connectivity index (χ4n) is 1.38. The molecule has 0 aliphatic rings. The Kier molecular flexibility index (Phi) is 3.33. The zero-order valence-electron chi connectivity index (χ0n) is 8.77. The number of rotatable bonds is 3. The van der Waals surface area contributed by atoms with Gasteiger partial charge >= 0.3 is 0 Å². The first kappa shape index (κ1) is 11.3. The van der Waals surface area contributed by atoms with Crippen molar-refractivity contribution in [2.24, 2.45) is 0 Å². The van der Waals surface area contributed by atoms with Gasteiger partial charge in [0.2, 0.25) is 0 Å². The molecule has 2 aromatic rings. The van der Waals surface area contributed by atoms with Crippen LogP contribution in [0, 0.1) is 5.82 Å². The summed E-state index contributed by atoms with van der Waals surface area (Å²) in [6, 6.07) is 6.49. The van der Waals surface area contributed by atoms with E-state index in [1.807, 2.05) is 6.92 Å². The van der Waals surface area contributed by atoms with Crippen molar-refractivity contribution >= 4 is 15.9 Å². The Morgan fingerprint density at radius 3 is 2.88 bits per heavy atom. The summed E-state index contributed by atoms with van der Waals surface area (Å²) in [4.78, 5) is 0.160. The molecule has 1 unspecified atom stereocenters. The molecule has 0 bridgehead atoms. The van der Waals surface area contributed by atoms with Gasteiger partial charge in [0.15, 0.2) is 0 Å². The van der Waals surface area contributed by atoms with Crippen molar-refractivity contribution in [1.29, 1.82) is 0 Å². The van der Waals surface area contributed by atoms with Gasteiger partial charge in [0.1, 0.15) is 11.5 Å². The second kappa shape index (κ2) is 4.74. The number of hydrogen-bond acceptors (Lipinski definition) is 2. The van der Waals surface area contributed by atoms with Crippen LogP contribution in [0.1, 0.15) is 23.9 Å². The van der Waals surface area contributed by atoms with Crippen molar-refractivity contribution in [3.63, 3.8) is 0 Å². The highest BCUT2D eigenvalue weighted by Crippen LogP contribution is 2.24. The quantitative estimate of drug-likeness (QED) is 0.810. The van der Waals surface area contributed by atoms with E-state index in [9.17, 15) is 4.39 Å². The van der Waals surface area contributed by atoms with Gasteiger partial charge in [-0.3, -0.25) is 0 Å². The van der Waals surface area contributed by atoms with E-state index < -0.39 is 0 Å². The number of alkyl halides is 1. The van der Waals surface area contributed by atoms with Crippen molar-refractivity contribution in [3.8, 4) is 5.69 Å². The number of aromatic nitrogens is 3. The zero-order chi connectivity index (χ0) is 11.5. The van der Waals surface area contributed by atoms with E-state index >= 15 is 0 Å². The largest absolute Gasteiger partial charge is 0.217 e. The van der Waals surface area contributed by atoms with Crippen molar-refractivity contribution in [1.82, 2.24) is 15.0 Å². The van der Waals surface area contributed by atoms with Crippen LogP contribution in [0.2, 0.25) is 0 Å². The molecule has 0 saturated heterocycles. The lowest BCUT2D eigenvalue weighted by molar-refractivity contribution is 0.607. The van der Waals surface area contributed by atoms with E-state index in [1.165, 1.54) is 10.7 Å². The van der Waals surface area contributed by atoms with E-state index in [2.05, 4.69) is 26.2 Å². The third-order valence-electron chi connectivity index (χ3n) is 2.29. The van der Waals surface area contributed by atoms with Crippen LogP contribution in [0.3, 0.4) is 0 Å². The predicted molar refractivity (Wildman–Crippen MR) is 63.3 cm³/mol. The lowest BCUT2D eigenvalue weighted by atomic mass is 10.2. The van der Waals surface area contributed by atoms with Crippen molar-refractivity contribution in [2.45, 2.75) is 18.2 Å². The van der Waals surface area contributed by atoms with E-state index in [0.717, 1.165) is 12.1 Å². The molecule has 1 heterocycles. The maximum absolute atomic E-state index is 13.5. The molecule has 1 atom stereocenters. The van der Waals surface area contributed by atoms with Gasteiger partial charge in [0.05, 0.1) is 16.7 Å². The Hall–Kier alpha value is -1.23. The second-order valence-electron chi connectivity index (χ2n) is 3.42. The Bertz CT molecular complexity index is 484. The van der Waals surface area contributed by atoms with E-state index in [0.29, 0.717) is 5.69 Å². The van der Waals surface area contributed by atoms with Gasteiger partial charge < -0.3 is 0 Å². The summed E-state index contributed by atoms with van der Waals surface area (Å²) in [6.07, 6.45) is 2.65. The first-order valence-corrected chi connectivity index (χ1v) is 5.95. The molecule has 5 heteroatoms. The predicted octanol–water partition coefficient (Wildman–Crippen LogP) is 3.25. The molecule has 0 N–H and O–H groups in total. The van der Waals surface area contributed by atoms with Crippen LogP contribution in [-0.4, -0.2) is 15.0 Å². The van der Waals surface area contributed by atoms with Gasteiger partial charge in [-0.15, -0.1) is 5.10 Å². The highest BCUT2D eigenvalue weighted by Gasteiger charge is 2.11. The summed E-state index contributed by atoms with van der Waals surface area (Å²) in [5, 5.41) is 7.92. The molecule has 0 aliphatic heterocycles. The Balaban J connectivity index is 2.35. The summed E-state index contributed by atoms with van der Waals surface area (Å²) >= 11 is 3.48. The molecule has 0 aliphatic carbocycles. The summed E-state index contributed by atoms with van der Waals surface area (Å²) in [6.45, 7) is 2.04. The number of benzene rings is 1. The van der Waals surface area contributed by atoms with E-state index in [4.69, 9.17) is 0 Å². The summed E-state index contributed by atoms with van der Waals surface area (Å²) in [5.41, 5.74) is 1.22. The maximum Gasteiger partial charge on any atom is 0.148 e. The second-order valence-corrected chi connectivity index (χ2v) is 4.52. The molecule has 0 fully saturated rings. The van der Waals surface area contributed by atoms with Gasteiger partial charge in [-0.1, -0.05) is 40.2 Å². The molecular weight excluding hydrogens is 273 g/mol. The third kappa shape index (κ3) is 2.14. The van der Waals surface area contributed by atoms with Gasteiger partial charge in [-0.2, -0.15) is 0 Å². The molecule has 1 aromatic heterocycles. The highest BCUT2D eigenvalue weighted by atomic mass is 79.9. The Morgan fingerprint density at radius 1 is 1.44 bits per heavy atom. The van der Waals surface area contributed by atoms with Crippen molar-refractivity contribution in [3.05, 3.63) is 42.0 Å². The topological polar surface area (TPSA) is 30.7 Å². The molecule has 3 nitrogen and oxygen atoms in total. The Morgan fingerprint density at radius 2 is 2.19 bits per heavy atom. The molecule has 1 aromatic carbocycles. The van der Waals surface area contributed by atoms with Crippen LogP contribution < -0.4 is 0 Å². The summed E-state index contributed by atoms with van der Waals surface area (Å²) in [5.74, 6) is -0.304. The minimum absolute atomic E-state index is 0.160. The minimum atomic E-state index is -0.304. The molecule has 84 valence electrons. The molecular formula is C11H11BrFN3. The Labute approximate surface area is 101 Å². The lowest BCUT2D eigenvalue weighted by Crippen LogP contribution is -1.97. The SMILES string of the molecule is CCC(Br)c1cn(-c2ccccc2F)nn1.